The summed E-state index contributed by atoms with van der Waals surface area (Å²) in [4.78, 5) is 12.0. The summed E-state index contributed by atoms with van der Waals surface area (Å²) in [6, 6.07) is 7.18. The summed E-state index contributed by atoms with van der Waals surface area (Å²) >= 11 is 0. The molecule has 0 spiro atoms. The van der Waals surface area contributed by atoms with Crippen LogP contribution in [0.2, 0.25) is 0 Å². The van der Waals surface area contributed by atoms with Crippen molar-refractivity contribution in [1.29, 1.82) is 0 Å². The van der Waals surface area contributed by atoms with Crippen LogP contribution in [0, 0.1) is 5.92 Å². The Kier molecular flexibility index (Phi) is 4.81. The lowest BCUT2D eigenvalue weighted by atomic mass is 10.0. The van der Waals surface area contributed by atoms with Crippen molar-refractivity contribution in [3.05, 3.63) is 29.8 Å². The first kappa shape index (κ1) is 14.2. The maximum absolute atomic E-state index is 12.0. The molecule has 0 unspecified atom stereocenters. The number of aromatic amines is 1. The molecule has 2 rings (SSSR count). The molecule has 6 nitrogen and oxygen atoms in total. The number of tetrazole rings is 1. The van der Waals surface area contributed by atoms with Crippen LogP contribution in [0.25, 0.3) is 11.4 Å². The molecule has 0 aliphatic heterocycles. The van der Waals surface area contributed by atoms with Crippen LogP contribution in [0.5, 0.6) is 0 Å². The SMILES string of the molecule is CCC(CC)CNC(=O)c1ccc(-c2nn[nH]n2)cc1. The highest BCUT2D eigenvalue weighted by atomic mass is 16.1. The van der Waals surface area contributed by atoms with Crippen molar-refractivity contribution in [3.63, 3.8) is 0 Å². The fourth-order valence-corrected chi connectivity index (χ4v) is 1.97. The number of carbonyl (C=O) groups is 1. The van der Waals surface area contributed by atoms with Gasteiger partial charge in [-0.05, 0) is 23.3 Å². The van der Waals surface area contributed by atoms with E-state index in [2.05, 4.69) is 39.8 Å². The van der Waals surface area contributed by atoms with Crippen molar-refractivity contribution >= 4 is 5.91 Å². The Morgan fingerprint density at radius 2 is 1.95 bits per heavy atom. The standard InChI is InChI=1S/C14H19N5O/c1-3-10(4-2)9-15-14(20)12-7-5-11(6-8-12)13-16-18-19-17-13/h5-8,10H,3-4,9H2,1-2H3,(H,15,20)(H,16,17,18,19). The van der Waals surface area contributed by atoms with Gasteiger partial charge in [0.05, 0.1) is 0 Å². The molecule has 1 heterocycles. The van der Waals surface area contributed by atoms with E-state index in [0.717, 1.165) is 24.9 Å². The molecule has 106 valence electrons. The molecule has 0 aliphatic rings. The van der Waals surface area contributed by atoms with Gasteiger partial charge in [-0.2, -0.15) is 5.21 Å². The molecule has 20 heavy (non-hydrogen) atoms. The van der Waals surface area contributed by atoms with E-state index in [4.69, 9.17) is 0 Å². The number of nitrogens with one attached hydrogen (secondary N) is 2. The summed E-state index contributed by atoms with van der Waals surface area (Å²) in [5.41, 5.74) is 1.47. The molecule has 0 saturated heterocycles. The maximum atomic E-state index is 12.0. The largest absolute Gasteiger partial charge is 0.352 e. The van der Waals surface area contributed by atoms with Gasteiger partial charge in [0.2, 0.25) is 5.82 Å². The van der Waals surface area contributed by atoms with Crippen molar-refractivity contribution in [3.8, 4) is 11.4 Å². The van der Waals surface area contributed by atoms with Gasteiger partial charge in [-0.3, -0.25) is 4.79 Å². The van der Waals surface area contributed by atoms with Crippen LogP contribution in [0.4, 0.5) is 0 Å². The lowest BCUT2D eigenvalue weighted by Crippen LogP contribution is -2.28. The Hall–Kier alpha value is -2.24. The maximum Gasteiger partial charge on any atom is 0.251 e. The normalized spacial score (nSPS) is 10.8. The first-order chi connectivity index (χ1) is 9.74. The summed E-state index contributed by atoms with van der Waals surface area (Å²) < 4.78 is 0. The fourth-order valence-electron chi connectivity index (χ4n) is 1.97. The molecule has 1 amide bonds. The van der Waals surface area contributed by atoms with Crippen LogP contribution >= 0.6 is 0 Å². The molecule has 0 atom stereocenters. The number of aromatic nitrogens is 4. The summed E-state index contributed by atoms with van der Waals surface area (Å²) in [7, 11) is 0. The summed E-state index contributed by atoms with van der Waals surface area (Å²) in [6.45, 7) is 5.00. The summed E-state index contributed by atoms with van der Waals surface area (Å²) in [6.07, 6.45) is 2.15. The van der Waals surface area contributed by atoms with Gasteiger partial charge >= 0.3 is 0 Å². The van der Waals surface area contributed by atoms with E-state index >= 15 is 0 Å². The third-order valence-electron chi connectivity index (χ3n) is 3.46. The Balaban J connectivity index is 1.97. The third kappa shape index (κ3) is 3.40. The monoisotopic (exact) mass is 273 g/mol. The third-order valence-corrected chi connectivity index (χ3v) is 3.46. The molecule has 0 radical (unpaired) electrons. The number of hydrogen-bond acceptors (Lipinski definition) is 4. The first-order valence-corrected chi connectivity index (χ1v) is 6.86. The molecule has 2 N–H and O–H groups in total. The van der Waals surface area contributed by atoms with Crippen molar-refractivity contribution in [2.45, 2.75) is 26.7 Å². The minimum atomic E-state index is -0.0449. The zero-order valence-corrected chi connectivity index (χ0v) is 11.8. The van der Waals surface area contributed by atoms with Gasteiger partial charge in [0.1, 0.15) is 0 Å². The molecule has 1 aromatic heterocycles. The second kappa shape index (κ2) is 6.79. The number of rotatable bonds is 6. The van der Waals surface area contributed by atoms with Crippen LogP contribution in [0.15, 0.2) is 24.3 Å². The van der Waals surface area contributed by atoms with Gasteiger partial charge in [0, 0.05) is 17.7 Å². The molecule has 0 saturated carbocycles. The molecular formula is C14H19N5O. The fraction of sp³-hybridized carbons (Fsp3) is 0.429. The lowest BCUT2D eigenvalue weighted by molar-refractivity contribution is 0.0946. The van der Waals surface area contributed by atoms with E-state index < -0.39 is 0 Å². The Morgan fingerprint density at radius 3 is 2.50 bits per heavy atom. The van der Waals surface area contributed by atoms with Crippen LogP contribution in [0.1, 0.15) is 37.0 Å². The van der Waals surface area contributed by atoms with Crippen molar-refractivity contribution in [2.24, 2.45) is 5.92 Å². The summed E-state index contributed by atoms with van der Waals surface area (Å²) in [5.74, 6) is 1.02. The number of carbonyl (C=O) groups excluding carboxylic acids is 1. The van der Waals surface area contributed by atoms with Gasteiger partial charge in [-0.15, -0.1) is 10.2 Å². The van der Waals surface area contributed by atoms with E-state index in [1.165, 1.54) is 0 Å². The van der Waals surface area contributed by atoms with Crippen molar-refractivity contribution in [2.75, 3.05) is 6.54 Å². The highest BCUT2D eigenvalue weighted by Crippen LogP contribution is 2.14. The van der Waals surface area contributed by atoms with Gasteiger partial charge in [-0.25, -0.2) is 0 Å². The minimum absolute atomic E-state index is 0.0449. The number of amides is 1. The Morgan fingerprint density at radius 1 is 1.25 bits per heavy atom. The Bertz CT molecular complexity index is 531. The minimum Gasteiger partial charge on any atom is -0.352 e. The molecule has 0 bridgehead atoms. The van der Waals surface area contributed by atoms with Crippen LogP contribution < -0.4 is 5.32 Å². The average molecular weight is 273 g/mol. The van der Waals surface area contributed by atoms with Gasteiger partial charge in [0.25, 0.3) is 5.91 Å². The highest BCUT2D eigenvalue weighted by Gasteiger charge is 2.09. The molecule has 1 aromatic carbocycles. The topological polar surface area (TPSA) is 83.6 Å². The number of H-pyrrole nitrogens is 1. The predicted molar refractivity (Wildman–Crippen MR) is 76.0 cm³/mol. The summed E-state index contributed by atoms with van der Waals surface area (Å²) in [5, 5.41) is 16.7. The quantitative estimate of drug-likeness (QED) is 0.843. The van der Waals surface area contributed by atoms with Gasteiger partial charge < -0.3 is 5.32 Å². The first-order valence-electron chi connectivity index (χ1n) is 6.86. The molecule has 2 aromatic rings. The predicted octanol–water partition coefficient (Wildman–Crippen LogP) is 2.03. The highest BCUT2D eigenvalue weighted by molar-refractivity contribution is 5.94. The zero-order chi connectivity index (χ0) is 14.4. The second-order valence-corrected chi connectivity index (χ2v) is 4.71. The number of nitrogens with zero attached hydrogens (tertiary/aromatic N) is 3. The number of benzene rings is 1. The Labute approximate surface area is 118 Å². The number of hydrogen-bond donors (Lipinski definition) is 2. The molecule has 0 aliphatic carbocycles. The second-order valence-electron chi connectivity index (χ2n) is 4.71. The molecular weight excluding hydrogens is 254 g/mol. The van der Waals surface area contributed by atoms with Crippen LogP contribution in [-0.2, 0) is 0 Å². The van der Waals surface area contributed by atoms with E-state index in [1.54, 1.807) is 12.1 Å². The van der Waals surface area contributed by atoms with Gasteiger partial charge in [0.15, 0.2) is 0 Å². The van der Waals surface area contributed by atoms with Crippen molar-refractivity contribution < 1.29 is 4.79 Å². The van der Waals surface area contributed by atoms with Gasteiger partial charge in [-0.1, -0.05) is 38.8 Å². The van der Waals surface area contributed by atoms with E-state index in [0.29, 0.717) is 17.3 Å². The molecule has 0 fully saturated rings. The average Bonchev–Trinajstić information content (AvgIpc) is 3.02. The van der Waals surface area contributed by atoms with Crippen LogP contribution in [-0.4, -0.2) is 33.1 Å². The van der Waals surface area contributed by atoms with Crippen molar-refractivity contribution in [1.82, 2.24) is 25.9 Å². The van der Waals surface area contributed by atoms with E-state index in [1.807, 2.05) is 12.1 Å². The lowest BCUT2D eigenvalue weighted by Gasteiger charge is -2.13. The van der Waals surface area contributed by atoms with E-state index in [-0.39, 0.29) is 5.91 Å². The van der Waals surface area contributed by atoms with Crippen LogP contribution in [0.3, 0.4) is 0 Å². The van der Waals surface area contributed by atoms with E-state index in [9.17, 15) is 4.79 Å². The molecule has 6 heteroatoms. The smallest absolute Gasteiger partial charge is 0.251 e. The zero-order valence-electron chi connectivity index (χ0n) is 11.8.